The summed E-state index contributed by atoms with van der Waals surface area (Å²) in [5.74, 6) is -0.0162. The number of benzene rings is 1. The zero-order valence-electron chi connectivity index (χ0n) is 9.85. The number of ether oxygens (including phenoxy) is 2. The van der Waals surface area contributed by atoms with Crippen molar-refractivity contribution >= 4 is 5.71 Å². The molecule has 0 saturated carbocycles. The van der Waals surface area contributed by atoms with Crippen molar-refractivity contribution in [3.05, 3.63) is 29.8 Å². The maximum atomic E-state index is 12.0. The molecule has 1 fully saturated rings. The van der Waals surface area contributed by atoms with Crippen molar-refractivity contribution in [3.63, 3.8) is 0 Å². The molecule has 1 aliphatic rings. The van der Waals surface area contributed by atoms with Crippen LogP contribution in [0.2, 0.25) is 0 Å². The molecule has 0 atom stereocenters. The molecule has 0 amide bonds. The van der Waals surface area contributed by atoms with Crippen LogP contribution in [0.4, 0.5) is 13.2 Å². The summed E-state index contributed by atoms with van der Waals surface area (Å²) in [7, 11) is 0. The molecule has 2 rings (SSSR count). The highest BCUT2D eigenvalue weighted by Crippen LogP contribution is 2.24. The van der Waals surface area contributed by atoms with Gasteiger partial charge in [-0.2, -0.15) is 0 Å². The van der Waals surface area contributed by atoms with Crippen molar-refractivity contribution < 1.29 is 27.9 Å². The highest BCUT2D eigenvalue weighted by atomic mass is 19.4. The van der Waals surface area contributed by atoms with Gasteiger partial charge >= 0.3 is 6.36 Å². The van der Waals surface area contributed by atoms with E-state index in [0.29, 0.717) is 30.9 Å². The van der Waals surface area contributed by atoms with Crippen molar-refractivity contribution in [2.45, 2.75) is 12.8 Å². The minimum Gasteiger partial charge on any atom is -0.411 e. The molecule has 104 valence electrons. The Morgan fingerprint density at radius 1 is 1.32 bits per heavy atom. The van der Waals surface area contributed by atoms with E-state index in [-0.39, 0.29) is 11.7 Å². The molecule has 0 aliphatic carbocycles. The summed E-state index contributed by atoms with van der Waals surface area (Å²) in [6.07, 6.45) is -4.19. The van der Waals surface area contributed by atoms with E-state index >= 15 is 0 Å². The number of rotatable bonds is 4. The minimum atomic E-state index is -4.71. The van der Waals surface area contributed by atoms with E-state index in [1.165, 1.54) is 24.3 Å². The van der Waals surface area contributed by atoms with Crippen molar-refractivity contribution in [2.24, 2.45) is 11.1 Å². The smallest absolute Gasteiger partial charge is 0.411 e. The first-order valence-electron chi connectivity index (χ1n) is 5.63. The summed E-state index contributed by atoms with van der Waals surface area (Å²) in [5, 5.41) is 12.1. The number of alkyl halides is 3. The van der Waals surface area contributed by atoms with E-state index in [1.54, 1.807) is 0 Å². The number of hydrogen-bond acceptors (Lipinski definition) is 4. The van der Waals surface area contributed by atoms with Gasteiger partial charge in [0.1, 0.15) is 5.75 Å². The lowest BCUT2D eigenvalue weighted by molar-refractivity contribution is -0.274. The van der Waals surface area contributed by atoms with Gasteiger partial charge in [-0.3, -0.25) is 0 Å². The standard InChI is InChI=1S/C12H12F3NO3/c13-12(14,15)19-10-3-1-9(2-4-10)11(16-17)5-8-6-18-7-8/h1-4,8,17H,5-7H2. The van der Waals surface area contributed by atoms with Crippen LogP contribution >= 0.6 is 0 Å². The summed E-state index contributed by atoms with van der Waals surface area (Å²) in [5.41, 5.74) is 0.982. The highest BCUT2D eigenvalue weighted by molar-refractivity contribution is 6.00. The fraction of sp³-hybridized carbons (Fsp3) is 0.417. The van der Waals surface area contributed by atoms with E-state index in [2.05, 4.69) is 9.89 Å². The molecule has 7 heteroatoms. The first kappa shape index (κ1) is 13.7. The third-order valence-corrected chi connectivity index (χ3v) is 2.73. The summed E-state index contributed by atoms with van der Waals surface area (Å²) >= 11 is 0. The maximum Gasteiger partial charge on any atom is 0.573 e. The van der Waals surface area contributed by atoms with Gasteiger partial charge in [0.25, 0.3) is 0 Å². The second kappa shape index (κ2) is 5.48. The van der Waals surface area contributed by atoms with Crippen LogP contribution in [0.25, 0.3) is 0 Å². The second-order valence-corrected chi connectivity index (χ2v) is 4.23. The topological polar surface area (TPSA) is 51.1 Å². The van der Waals surface area contributed by atoms with Crippen LogP contribution in [0.5, 0.6) is 5.75 Å². The van der Waals surface area contributed by atoms with Crippen molar-refractivity contribution in [2.75, 3.05) is 13.2 Å². The Morgan fingerprint density at radius 2 is 1.95 bits per heavy atom. The zero-order chi connectivity index (χ0) is 13.9. The molecule has 0 unspecified atom stereocenters. The average Bonchev–Trinajstić information content (AvgIpc) is 2.27. The summed E-state index contributed by atoms with van der Waals surface area (Å²) in [4.78, 5) is 0. The van der Waals surface area contributed by atoms with Gasteiger partial charge in [-0.05, 0) is 29.8 Å². The molecular weight excluding hydrogens is 263 g/mol. The Balaban J connectivity index is 2.03. The van der Waals surface area contributed by atoms with E-state index in [4.69, 9.17) is 9.94 Å². The normalized spacial score (nSPS) is 17.1. The largest absolute Gasteiger partial charge is 0.573 e. The van der Waals surface area contributed by atoms with Gasteiger partial charge < -0.3 is 14.7 Å². The number of halogens is 3. The minimum absolute atomic E-state index is 0.289. The fourth-order valence-electron chi connectivity index (χ4n) is 1.74. The van der Waals surface area contributed by atoms with Gasteiger partial charge in [0.15, 0.2) is 0 Å². The van der Waals surface area contributed by atoms with Crippen LogP contribution in [0.1, 0.15) is 12.0 Å². The lowest BCUT2D eigenvalue weighted by Gasteiger charge is -2.26. The Morgan fingerprint density at radius 3 is 2.37 bits per heavy atom. The number of nitrogens with zero attached hydrogens (tertiary/aromatic N) is 1. The van der Waals surface area contributed by atoms with E-state index in [1.807, 2.05) is 0 Å². The Bertz CT molecular complexity index is 452. The lowest BCUT2D eigenvalue weighted by Crippen LogP contribution is -2.29. The Hall–Kier alpha value is -1.76. The van der Waals surface area contributed by atoms with Gasteiger partial charge in [-0.15, -0.1) is 13.2 Å². The first-order chi connectivity index (χ1) is 8.98. The molecule has 19 heavy (non-hydrogen) atoms. The van der Waals surface area contributed by atoms with Crippen LogP contribution in [-0.4, -0.2) is 30.5 Å². The van der Waals surface area contributed by atoms with Gasteiger partial charge in [0, 0.05) is 12.3 Å². The molecule has 1 aromatic rings. The van der Waals surface area contributed by atoms with Crippen LogP contribution in [0.15, 0.2) is 29.4 Å². The molecule has 1 N–H and O–H groups in total. The predicted octanol–water partition coefficient (Wildman–Crippen LogP) is 2.80. The van der Waals surface area contributed by atoms with E-state index in [0.717, 1.165) is 0 Å². The van der Waals surface area contributed by atoms with Crippen molar-refractivity contribution in [3.8, 4) is 5.75 Å². The summed E-state index contributed by atoms with van der Waals surface area (Å²) in [6, 6.07) is 5.22. The Labute approximate surface area is 107 Å². The number of oxime groups is 1. The highest BCUT2D eigenvalue weighted by Gasteiger charge is 2.31. The molecular formula is C12H12F3NO3. The van der Waals surface area contributed by atoms with Crippen LogP contribution in [0.3, 0.4) is 0 Å². The second-order valence-electron chi connectivity index (χ2n) is 4.23. The first-order valence-corrected chi connectivity index (χ1v) is 5.63. The van der Waals surface area contributed by atoms with Crippen LogP contribution in [0, 0.1) is 5.92 Å². The molecule has 0 radical (unpaired) electrons. The van der Waals surface area contributed by atoms with E-state index < -0.39 is 6.36 Å². The molecule has 1 saturated heterocycles. The van der Waals surface area contributed by atoms with Crippen molar-refractivity contribution in [1.82, 2.24) is 0 Å². The van der Waals surface area contributed by atoms with Gasteiger partial charge in [0.05, 0.1) is 18.9 Å². The third-order valence-electron chi connectivity index (χ3n) is 2.73. The Kier molecular flexibility index (Phi) is 3.94. The lowest BCUT2D eigenvalue weighted by atomic mass is 9.96. The molecule has 1 aliphatic heterocycles. The molecule has 4 nitrogen and oxygen atoms in total. The third kappa shape index (κ3) is 3.85. The quantitative estimate of drug-likeness (QED) is 0.522. The number of hydrogen-bond donors (Lipinski definition) is 1. The summed E-state index contributed by atoms with van der Waals surface area (Å²) in [6.45, 7) is 1.21. The van der Waals surface area contributed by atoms with Gasteiger partial charge in [0.2, 0.25) is 0 Å². The molecule has 1 aromatic carbocycles. The molecule has 1 heterocycles. The van der Waals surface area contributed by atoms with E-state index in [9.17, 15) is 13.2 Å². The fourth-order valence-corrected chi connectivity index (χ4v) is 1.74. The summed E-state index contributed by atoms with van der Waals surface area (Å²) < 4.78 is 44.7. The SMILES string of the molecule is ON=C(CC1COC1)c1ccc(OC(F)(F)F)cc1. The monoisotopic (exact) mass is 275 g/mol. The van der Waals surface area contributed by atoms with Crippen LogP contribution < -0.4 is 4.74 Å². The predicted molar refractivity (Wildman–Crippen MR) is 60.4 cm³/mol. The molecule has 0 spiro atoms. The average molecular weight is 275 g/mol. The van der Waals surface area contributed by atoms with Crippen molar-refractivity contribution in [1.29, 1.82) is 0 Å². The molecule has 0 bridgehead atoms. The van der Waals surface area contributed by atoms with Gasteiger partial charge in [-0.25, -0.2) is 0 Å². The van der Waals surface area contributed by atoms with Crippen LogP contribution in [-0.2, 0) is 4.74 Å². The maximum absolute atomic E-state index is 12.0. The molecule has 0 aromatic heterocycles. The zero-order valence-corrected chi connectivity index (χ0v) is 9.85. The van der Waals surface area contributed by atoms with Gasteiger partial charge in [-0.1, -0.05) is 5.16 Å².